The van der Waals surface area contributed by atoms with Gasteiger partial charge in [-0.3, -0.25) is 9.48 Å². The lowest BCUT2D eigenvalue weighted by atomic mass is 10.1. The number of benzene rings is 1. The Morgan fingerprint density at radius 3 is 2.69 bits per heavy atom. The molecule has 3 aliphatic rings. The van der Waals surface area contributed by atoms with Crippen LogP contribution >= 0.6 is 11.6 Å². The Labute approximate surface area is 173 Å². The summed E-state index contributed by atoms with van der Waals surface area (Å²) < 4.78 is 13.4. The lowest BCUT2D eigenvalue weighted by Crippen LogP contribution is -2.41. The monoisotopic (exact) mass is 412 g/mol. The molecule has 1 saturated heterocycles. The molecule has 5 rings (SSSR count). The summed E-state index contributed by atoms with van der Waals surface area (Å²) >= 11 is 6.16. The number of hydrogen-bond donors (Lipinski definition) is 0. The number of anilines is 1. The van der Waals surface area contributed by atoms with Crippen molar-refractivity contribution in [3.05, 3.63) is 65.0 Å². The molecule has 29 heavy (non-hydrogen) atoms. The van der Waals surface area contributed by atoms with E-state index in [-0.39, 0.29) is 11.8 Å². The molecule has 1 aromatic carbocycles. The Morgan fingerprint density at radius 2 is 1.90 bits per heavy atom. The van der Waals surface area contributed by atoms with E-state index >= 15 is 0 Å². The second kappa shape index (κ2) is 7.40. The van der Waals surface area contributed by atoms with Gasteiger partial charge >= 0.3 is 0 Å². The molecular weight excluding hydrogens is 392 g/mol. The van der Waals surface area contributed by atoms with E-state index in [0.29, 0.717) is 30.3 Å². The number of amides is 1. The maximum Gasteiger partial charge on any atom is 0.292 e. The van der Waals surface area contributed by atoms with Crippen molar-refractivity contribution in [1.82, 2.24) is 15.0 Å². The zero-order chi connectivity index (χ0) is 19.8. The highest BCUT2D eigenvalue weighted by Gasteiger charge is 2.55. The number of carbonyl (C=O) groups excluding carboxylic acids is 1. The first-order valence-electron chi connectivity index (χ1n) is 9.82. The summed E-state index contributed by atoms with van der Waals surface area (Å²) in [4.78, 5) is 14.9. The van der Waals surface area contributed by atoms with Gasteiger partial charge in [0.05, 0.1) is 24.6 Å². The summed E-state index contributed by atoms with van der Waals surface area (Å²) in [6.07, 6.45) is 11.9. The topological polar surface area (TPSA) is 69.5 Å². The number of rotatable bonds is 6. The van der Waals surface area contributed by atoms with E-state index in [1.165, 1.54) is 0 Å². The highest BCUT2D eigenvalue weighted by molar-refractivity contribution is 6.31. The molecule has 2 aliphatic heterocycles. The number of hydrogen-bond acceptors (Lipinski definition) is 5. The summed E-state index contributed by atoms with van der Waals surface area (Å²) in [5, 5.41) is 9.03. The molecule has 150 valence electrons. The fourth-order valence-electron chi connectivity index (χ4n) is 4.07. The van der Waals surface area contributed by atoms with E-state index in [0.717, 1.165) is 30.8 Å². The van der Waals surface area contributed by atoms with Gasteiger partial charge < -0.3 is 14.4 Å². The van der Waals surface area contributed by atoms with Crippen molar-refractivity contribution in [1.29, 1.82) is 0 Å². The summed E-state index contributed by atoms with van der Waals surface area (Å²) in [6, 6.07) is 5.42. The molecule has 0 bridgehead atoms. The minimum Gasteiger partial charge on any atom is -0.336 e. The van der Waals surface area contributed by atoms with Crippen LogP contribution in [-0.4, -0.2) is 40.7 Å². The highest BCUT2D eigenvalue weighted by Crippen LogP contribution is 2.46. The number of ether oxygens (including phenoxy) is 2. The van der Waals surface area contributed by atoms with E-state index in [1.807, 2.05) is 29.1 Å². The maximum atomic E-state index is 13.1. The normalized spacial score (nSPS) is 19.8. The second-order valence-electron chi connectivity index (χ2n) is 7.34. The van der Waals surface area contributed by atoms with Crippen LogP contribution < -0.4 is 4.90 Å². The van der Waals surface area contributed by atoms with Crippen molar-refractivity contribution in [2.75, 3.05) is 24.7 Å². The molecule has 1 aliphatic carbocycles. The zero-order valence-electron chi connectivity index (χ0n) is 15.8. The number of halogens is 1. The molecule has 0 N–H and O–H groups in total. The molecule has 1 spiro atoms. The summed E-state index contributed by atoms with van der Waals surface area (Å²) in [6.45, 7) is 2.12. The van der Waals surface area contributed by atoms with Gasteiger partial charge in [-0.15, -0.1) is 5.10 Å². The van der Waals surface area contributed by atoms with Crippen molar-refractivity contribution in [2.45, 2.75) is 31.1 Å². The van der Waals surface area contributed by atoms with Crippen LogP contribution in [0.3, 0.4) is 0 Å². The van der Waals surface area contributed by atoms with Crippen LogP contribution in [0.2, 0.25) is 5.02 Å². The minimum atomic E-state index is -1.33. The lowest BCUT2D eigenvalue weighted by Gasteiger charge is -2.22. The average Bonchev–Trinajstić information content (AvgIpc) is 3.50. The van der Waals surface area contributed by atoms with Crippen LogP contribution in [-0.2, 0) is 26.6 Å². The van der Waals surface area contributed by atoms with Gasteiger partial charge in [-0.1, -0.05) is 41.1 Å². The molecule has 1 amide bonds. The van der Waals surface area contributed by atoms with Crippen molar-refractivity contribution >= 4 is 23.2 Å². The Bertz CT molecular complexity index is 982. The van der Waals surface area contributed by atoms with E-state index in [9.17, 15) is 4.79 Å². The Hall–Kier alpha value is -2.48. The van der Waals surface area contributed by atoms with Crippen molar-refractivity contribution in [2.24, 2.45) is 0 Å². The number of aryl methyl sites for hydroxylation is 1. The van der Waals surface area contributed by atoms with Gasteiger partial charge in [0.1, 0.15) is 0 Å². The quantitative estimate of drug-likeness (QED) is 0.681. The van der Waals surface area contributed by atoms with E-state index in [4.69, 9.17) is 21.1 Å². The van der Waals surface area contributed by atoms with Crippen molar-refractivity contribution in [3.63, 3.8) is 0 Å². The van der Waals surface area contributed by atoms with Gasteiger partial charge in [-0.25, -0.2) is 0 Å². The predicted octanol–water partition coefficient (Wildman–Crippen LogP) is 3.17. The lowest BCUT2D eigenvalue weighted by molar-refractivity contribution is -0.180. The predicted molar refractivity (Wildman–Crippen MR) is 108 cm³/mol. The van der Waals surface area contributed by atoms with Crippen LogP contribution in [0.1, 0.15) is 30.0 Å². The molecule has 0 saturated carbocycles. The molecular formula is C21H21ClN4O3. The number of nitrogens with zero attached hydrogens (tertiary/aromatic N) is 4. The Balaban J connectivity index is 1.23. The molecule has 1 aromatic heterocycles. The van der Waals surface area contributed by atoms with Crippen LogP contribution in [0.4, 0.5) is 5.69 Å². The molecule has 7 nitrogen and oxygen atoms in total. The minimum absolute atomic E-state index is 0.171. The third kappa shape index (κ3) is 3.19. The summed E-state index contributed by atoms with van der Waals surface area (Å²) in [5.41, 5.74) is 2.46. The SMILES string of the molecule is O=C1N(CCCCn2cc(C3C=CC=C3)nn2)c2ccc(Cl)cc2C12OCCO2. The number of aromatic nitrogens is 3. The summed E-state index contributed by atoms with van der Waals surface area (Å²) in [5.74, 6) is -1.28. The number of carbonyl (C=O) groups is 1. The molecule has 8 heteroatoms. The average molecular weight is 413 g/mol. The second-order valence-corrected chi connectivity index (χ2v) is 7.78. The third-order valence-corrected chi connectivity index (χ3v) is 5.72. The fourth-order valence-corrected chi connectivity index (χ4v) is 4.24. The van der Waals surface area contributed by atoms with Gasteiger partial charge in [-0.2, -0.15) is 0 Å². The highest BCUT2D eigenvalue weighted by atomic mass is 35.5. The number of fused-ring (bicyclic) bond motifs is 2. The third-order valence-electron chi connectivity index (χ3n) is 5.49. The number of unbranched alkanes of at least 4 members (excludes halogenated alkanes) is 1. The zero-order valence-corrected chi connectivity index (χ0v) is 16.6. The standard InChI is InChI=1S/C21H21ClN4O3/c22-16-7-8-19-17(13-16)21(28-11-12-29-21)20(27)26(19)10-4-3-9-25-14-18(23-24-25)15-5-1-2-6-15/h1-2,5-8,13-15H,3-4,9-12H2. The largest absolute Gasteiger partial charge is 0.336 e. The van der Waals surface area contributed by atoms with Crippen LogP contribution in [0, 0.1) is 0 Å². The van der Waals surface area contributed by atoms with E-state index < -0.39 is 5.79 Å². The van der Waals surface area contributed by atoms with Gasteiger partial charge in [0.15, 0.2) is 0 Å². The molecule has 0 unspecified atom stereocenters. The molecule has 0 atom stereocenters. The van der Waals surface area contributed by atoms with Crippen LogP contribution in [0.5, 0.6) is 0 Å². The first kappa shape index (κ1) is 18.5. The van der Waals surface area contributed by atoms with Crippen LogP contribution in [0.15, 0.2) is 48.7 Å². The Morgan fingerprint density at radius 1 is 1.14 bits per heavy atom. The molecule has 3 heterocycles. The van der Waals surface area contributed by atoms with E-state index in [1.54, 1.807) is 17.0 Å². The summed E-state index contributed by atoms with van der Waals surface area (Å²) in [7, 11) is 0. The first-order valence-corrected chi connectivity index (χ1v) is 10.2. The van der Waals surface area contributed by atoms with Crippen molar-refractivity contribution in [3.8, 4) is 0 Å². The van der Waals surface area contributed by atoms with Crippen molar-refractivity contribution < 1.29 is 14.3 Å². The van der Waals surface area contributed by atoms with Gasteiger partial charge in [0.25, 0.3) is 11.7 Å². The molecule has 0 radical (unpaired) electrons. The molecule has 1 fully saturated rings. The van der Waals surface area contributed by atoms with Gasteiger partial charge in [0.2, 0.25) is 0 Å². The fraction of sp³-hybridized carbons (Fsp3) is 0.381. The maximum absolute atomic E-state index is 13.1. The van der Waals surface area contributed by atoms with Gasteiger partial charge in [-0.05, 0) is 31.0 Å². The Kier molecular flexibility index (Phi) is 4.73. The van der Waals surface area contributed by atoms with E-state index in [2.05, 4.69) is 22.5 Å². The van der Waals surface area contributed by atoms with Crippen LogP contribution in [0.25, 0.3) is 0 Å². The number of allylic oxidation sites excluding steroid dienone is 4. The first-order chi connectivity index (χ1) is 14.2. The van der Waals surface area contributed by atoms with Gasteiger partial charge in [0, 0.05) is 35.8 Å². The molecule has 2 aromatic rings. The smallest absolute Gasteiger partial charge is 0.292 e.